The number of aromatic nitrogens is 1. The maximum absolute atomic E-state index is 11.9. The maximum Gasteiger partial charge on any atom is 0.141 e. The summed E-state index contributed by atoms with van der Waals surface area (Å²) in [5.74, 6) is 0.943. The smallest absolute Gasteiger partial charge is 0.141 e. The summed E-state index contributed by atoms with van der Waals surface area (Å²) >= 11 is 0. The van der Waals surface area contributed by atoms with Crippen molar-refractivity contribution in [2.24, 2.45) is 0 Å². The number of pyridine rings is 1. The number of ketones is 1. The number of carbonyl (C=O) groups excluding carboxylic acids is 1. The van der Waals surface area contributed by atoms with E-state index in [2.05, 4.69) is 4.98 Å². The highest BCUT2D eigenvalue weighted by Crippen LogP contribution is 2.24. The lowest BCUT2D eigenvalue weighted by molar-refractivity contribution is -0.120. The third-order valence-electron chi connectivity index (χ3n) is 3.03. The molecule has 0 N–H and O–H groups in total. The van der Waals surface area contributed by atoms with Gasteiger partial charge in [0.05, 0.1) is 18.9 Å². The van der Waals surface area contributed by atoms with Crippen LogP contribution in [-0.2, 0) is 16.0 Å². The SMILES string of the molecule is COc1c(C)cnc(CC(=O)CC(C)OC)c1C. The highest BCUT2D eigenvalue weighted by Gasteiger charge is 2.14. The number of hydrogen-bond acceptors (Lipinski definition) is 4. The maximum atomic E-state index is 11.9. The number of carbonyl (C=O) groups is 1. The van der Waals surface area contributed by atoms with Gasteiger partial charge < -0.3 is 9.47 Å². The molecule has 0 bridgehead atoms. The number of rotatable bonds is 6. The lowest BCUT2D eigenvalue weighted by atomic mass is 10.0. The predicted octanol–water partition coefficient (Wildman–Crippen LogP) is 2.24. The molecule has 18 heavy (non-hydrogen) atoms. The van der Waals surface area contributed by atoms with E-state index in [4.69, 9.17) is 9.47 Å². The molecular weight excluding hydrogens is 230 g/mol. The van der Waals surface area contributed by atoms with Crippen LogP contribution in [-0.4, -0.2) is 31.1 Å². The minimum Gasteiger partial charge on any atom is -0.496 e. The normalized spacial score (nSPS) is 12.3. The van der Waals surface area contributed by atoms with Gasteiger partial charge in [0.25, 0.3) is 0 Å². The largest absolute Gasteiger partial charge is 0.496 e. The number of hydrogen-bond donors (Lipinski definition) is 0. The fraction of sp³-hybridized carbons (Fsp3) is 0.571. The zero-order valence-corrected chi connectivity index (χ0v) is 11.7. The first-order valence-electron chi connectivity index (χ1n) is 6.03. The van der Waals surface area contributed by atoms with Gasteiger partial charge in [-0.2, -0.15) is 0 Å². The Labute approximate surface area is 108 Å². The lowest BCUT2D eigenvalue weighted by Crippen LogP contribution is -2.15. The van der Waals surface area contributed by atoms with E-state index in [0.717, 1.165) is 22.6 Å². The molecule has 0 radical (unpaired) electrons. The molecule has 4 nitrogen and oxygen atoms in total. The molecule has 0 saturated carbocycles. The molecule has 0 aliphatic rings. The van der Waals surface area contributed by atoms with Crippen LogP contribution in [0.2, 0.25) is 0 Å². The highest BCUT2D eigenvalue weighted by atomic mass is 16.5. The molecule has 4 heteroatoms. The van der Waals surface area contributed by atoms with E-state index >= 15 is 0 Å². The standard InChI is InChI=1S/C14H21NO3/c1-9-8-15-13(11(3)14(9)18-5)7-12(16)6-10(2)17-4/h8,10H,6-7H2,1-5H3. The molecule has 0 aliphatic heterocycles. The van der Waals surface area contributed by atoms with Crippen LogP contribution in [0.25, 0.3) is 0 Å². The molecular formula is C14H21NO3. The minimum atomic E-state index is -0.0508. The van der Waals surface area contributed by atoms with Crippen LogP contribution in [0.5, 0.6) is 5.75 Å². The molecule has 1 rings (SSSR count). The zero-order chi connectivity index (χ0) is 13.7. The Bertz CT molecular complexity index is 429. The van der Waals surface area contributed by atoms with Gasteiger partial charge in [-0.25, -0.2) is 0 Å². The van der Waals surface area contributed by atoms with Crippen LogP contribution in [0.3, 0.4) is 0 Å². The summed E-state index contributed by atoms with van der Waals surface area (Å²) in [6.45, 7) is 5.76. The van der Waals surface area contributed by atoms with E-state index in [9.17, 15) is 4.79 Å². The van der Waals surface area contributed by atoms with Crippen LogP contribution in [0, 0.1) is 13.8 Å². The number of nitrogens with zero attached hydrogens (tertiary/aromatic N) is 1. The zero-order valence-electron chi connectivity index (χ0n) is 11.7. The monoisotopic (exact) mass is 251 g/mol. The van der Waals surface area contributed by atoms with Crippen LogP contribution < -0.4 is 4.74 Å². The summed E-state index contributed by atoms with van der Waals surface area (Å²) in [5, 5.41) is 0. The van der Waals surface area contributed by atoms with Gasteiger partial charge in [-0.15, -0.1) is 0 Å². The summed E-state index contributed by atoms with van der Waals surface area (Å²) in [6, 6.07) is 0. The molecule has 0 fully saturated rings. The van der Waals surface area contributed by atoms with Crippen molar-refractivity contribution in [3.8, 4) is 5.75 Å². The number of aryl methyl sites for hydroxylation is 1. The molecule has 0 spiro atoms. The molecule has 1 unspecified atom stereocenters. The summed E-state index contributed by atoms with van der Waals surface area (Å²) in [7, 11) is 3.24. The second-order valence-electron chi connectivity index (χ2n) is 4.51. The first-order chi connectivity index (χ1) is 8.49. The molecule has 100 valence electrons. The predicted molar refractivity (Wildman–Crippen MR) is 70.1 cm³/mol. The highest BCUT2D eigenvalue weighted by molar-refractivity contribution is 5.81. The van der Waals surface area contributed by atoms with Crippen molar-refractivity contribution in [3.63, 3.8) is 0 Å². The lowest BCUT2D eigenvalue weighted by Gasteiger charge is -2.12. The molecule has 0 aromatic carbocycles. The molecule has 1 atom stereocenters. The fourth-order valence-electron chi connectivity index (χ4n) is 1.91. The van der Waals surface area contributed by atoms with Gasteiger partial charge in [-0.1, -0.05) is 0 Å². The van der Waals surface area contributed by atoms with Crippen LogP contribution in [0.1, 0.15) is 30.2 Å². The first-order valence-corrected chi connectivity index (χ1v) is 6.03. The average Bonchev–Trinajstić information content (AvgIpc) is 2.33. The van der Waals surface area contributed by atoms with Gasteiger partial charge in [0.1, 0.15) is 11.5 Å². The van der Waals surface area contributed by atoms with E-state index in [1.54, 1.807) is 20.4 Å². The van der Waals surface area contributed by atoms with E-state index in [1.165, 1.54) is 0 Å². The van der Waals surface area contributed by atoms with E-state index in [-0.39, 0.29) is 11.9 Å². The summed E-state index contributed by atoms with van der Waals surface area (Å²) in [4.78, 5) is 16.2. The van der Waals surface area contributed by atoms with Crippen LogP contribution in [0.15, 0.2) is 6.20 Å². The van der Waals surface area contributed by atoms with Gasteiger partial charge in [-0.05, 0) is 20.8 Å². The molecule has 1 aromatic rings. The Morgan fingerprint density at radius 1 is 1.39 bits per heavy atom. The summed E-state index contributed by atoms with van der Waals surface area (Å²) < 4.78 is 10.4. The molecule has 0 aliphatic carbocycles. The van der Waals surface area contributed by atoms with Crippen molar-refractivity contribution < 1.29 is 14.3 Å². The fourth-order valence-corrected chi connectivity index (χ4v) is 1.91. The second-order valence-corrected chi connectivity index (χ2v) is 4.51. The molecule has 1 aromatic heterocycles. The van der Waals surface area contributed by atoms with Crippen molar-refractivity contribution in [1.82, 2.24) is 4.98 Å². The summed E-state index contributed by atoms with van der Waals surface area (Å²) in [5.41, 5.74) is 2.71. The molecule has 0 amide bonds. The number of ether oxygens (including phenoxy) is 2. The van der Waals surface area contributed by atoms with Crippen molar-refractivity contribution in [2.75, 3.05) is 14.2 Å². The topological polar surface area (TPSA) is 48.4 Å². The van der Waals surface area contributed by atoms with Crippen molar-refractivity contribution >= 4 is 5.78 Å². The molecule has 1 heterocycles. The van der Waals surface area contributed by atoms with E-state index in [1.807, 2.05) is 20.8 Å². The Balaban J connectivity index is 2.82. The van der Waals surface area contributed by atoms with Crippen LogP contribution >= 0.6 is 0 Å². The number of Topliss-reactive ketones (excluding diaryl/α,β-unsaturated/α-hetero) is 1. The minimum absolute atomic E-state index is 0.0508. The van der Waals surface area contributed by atoms with Gasteiger partial charge in [0.2, 0.25) is 0 Å². The van der Waals surface area contributed by atoms with Gasteiger partial charge in [-0.3, -0.25) is 9.78 Å². The van der Waals surface area contributed by atoms with Crippen molar-refractivity contribution in [3.05, 3.63) is 23.0 Å². The third kappa shape index (κ3) is 3.53. The van der Waals surface area contributed by atoms with Crippen molar-refractivity contribution in [2.45, 2.75) is 39.7 Å². The average molecular weight is 251 g/mol. The van der Waals surface area contributed by atoms with E-state index in [0.29, 0.717) is 12.8 Å². The van der Waals surface area contributed by atoms with Gasteiger partial charge in [0, 0.05) is 37.3 Å². The van der Waals surface area contributed by atoms with E-state index < -0.39 is 0 Å². The Morgan fingerprint density at radius 2 is 2.06 bits per heavy atom. The van der Waals surface area contributed by atoms with Gasteiger partial charge >= 0.3 is 0 Å². The number of methoxy groups -OCH3 is 2. The second kappa shape index (κ2) is 6.50. The van der Waals surface area contributed by atoms with Crippen molar-refractivity contribution in [1.29, 1.82) is 0 Å². The summed E-state index contributed by atoms with van der Waals surface area (Å²) in [6.07, 6.45) is 2.43. The quantitative estimate of drug-likeness (QED) is 0.778. The third-order valence-corrected chi connectivity index (χ3v) is 3.03. The first kappa shape index (κ1) is 14.6. The van der Waals surface area contributed by atoms with Crippen LogP contribution in [0.4, 0.5) is 0 Å². The molecule has 0 saturated heterocycles. The Morgan fingerprint density at radius 3 is 2.61 bits per heavy atom. The Hall–Kier alpha value is -1.42. The van der Waals surface area contributed by atoms with Gasteiger partial charge in [0.15, 0.2) is 0 Å². The Kier molecular flexibility index (Phi) is 5.28.